The van der Waals surface area contributed by atoms with Crippen molar-refractivity contribution in [3.05, 3.63) is 33.8 Å². The largest absolute Gasteiger partial charge is 0.342 e. The van der Waals surface area contributed by atoms with E-state index in [0.29, 0.717) is 28.6 Å². The summed E-state index contributed by atoms with van der Waals surface area (Å²) in [5, 5.41) is 0.923. The van der Waals surface area contributed by atoms with Gasteiger partial charge in [-0.15, -0.1) is 11.8 Å². The maximum atomic E-state index is 13.2. The smallest absolute Gasteiger partial charge is 0.256 e. The van der Waals surface area contributed by atoms with Crippen LogP contribution in [0.25, 0.3) is 0 Å². The number of likely N-dealkylation sites (tertiary alicyclic amines) is 1. The molecule has 0 radical (unpaired) electrons. The van der Waals surface area contributed by atoms with Crippen molar-refractivity contribution in [1.82, 2.24) is 9.80 Å². The maximum absolute atomic E-state index is 13.2. The van der Waals surface area contributed by atoms with Crippen molar-refractivity contribution in [2.24, 2.45) is 0 Å². The van der Waals surface area contributed by atoms with E-state index in [4.69, 9.17) is 23.2 Å². The first kappa shape index (κ1) is 24.7. The maximum Gasteiger partial charge on any atom is 0.256 e. The molecule has 7 heteroatoms. The van der Waals surface area contributed by atoms with Gasteiger partial charge in [-0.1, -0.05) is 68.7 Å². The zero-order valence-corrected chi connectivity index (χ0v) is 20.8. The molecule has 2 saturated heterocycles. The quantitative estimate of drug-likeness (QED) is 0.368. The molecule has 2 fully saturated rings. The summed E-state index contributed by atoms with van der Waals surface area (Å²) in [6.07, 6.45) is 10.8. The SMILES string of the molecule is CCCCCCCCCC(=O)N1CCC2(CC1)SCCN2C(=O)c1ccc(Cl)cc1Cl. The third kappa shape index (κ3) is 6.33. The second-order valence-corrected chi connectivity index (χ2v) is 10.9. The lowest BCUT2D eigenvalue weighted by atomic mass is 10.00. The molecule has 172 valence electrons. The van der Waals surface area contributed by atoms with Crippen LogP contribution in [0.2, 0.25) is 10.0 Å². The monoisotopic (exact) mass is 484 g/mol. The van der Waals surface area contributed by atoms with Gasteiger partial charge < -0.3 is 9.80 Å². The first-order chi connectivity index (χ1) is 15.0. The molecule has 2 aliphatic rings. The van der Waals surface area contributed by atoms with Crippen molar-refractivity contribution >= 4 is 46.8 Å². The lowest BCUT2D eigenvalue weighted by Gasteiger charge is -2.44. The molecule has 1 spiro atoms. The Labute approximate surface area is 201 Å². The summed E-state index contributed by atoms with van der Waals surface area (Å²) in [5.41, 5.74) is 0.505. The molecule has 0 bridgehead atoms. The second-order valence-electron chi connectivity index (χ2n) is 8.63. The molecule has 0 aromatic heterocycles. The number of nitrogens with zero attached hydrogens (tertiary/aromatic N) is 2. The van der Waals surface area contributed by atoms with Gasteiger partial charge in [-0.2, -0.15) is 0 Å². The van der Waals surface area contributed by atoms with Gasteiger partial charge >= 0.3 is 0 Å². The summed E-state index contributed by atoms with van der Waals surface area (Å²) in [5.74, 6) is 1.16. The minimum absolute atomic E-state index is 0.0329. The zero-order chi connectivity index (χ0) is 22.3. The number of halogens is 2. The average molecular weight is 486 g/mol. The molecule has 0 aliphatic carbocycles. The van der Waals surface area contributed by atoms with E-state index >= 15 is 0 Å². The van der Waals surface area contributed by atoms with Crippen LogP contribution in [0.3, 0.4) is 0 Å². The number of carbonyl (C=O) groups is 2. The summed E-state index contributed by atoms with van der Waals surface area (Å²) in [4.78, 5) is 29.6. The van der Waals surface area contributed by atoms with Gasteiger partial charge in [-0.3, -0.25) is 9.59 Å². The Morgan fingerprint density at radius 1 is 1.00 bits per heavy atom. The fourth-order valence-corrected chi connectivity index (χ4v) is 6.56. The Morgan fingerprint density at radius 2 is 1.68 bits per heavy atom. The summed E-state index contributed by atoms with van der Waals surface area (Å²) in [7, 11) is 0. The molecule has 31 heavy (non-hydrogen) atoms. The highest BCUT2D eigenvalue weighted by Gasteiger charge is 2.47. The summed E-state index contributed by atoms with van der Waals surface area (Å²) < 4.78 is 0. The van der Waals surface area contributed by atoms with Gasteiger partial charge in [-0.25, -0.2) is 0 Å². The van der Waals surface area contributed by atoms with Crippen LogP contribution in [0.4, 0.5) is 0 Å². The predicted octanol–water partition coefficient (Wildman–Crippen LogP) is 6.64. The number of hydrogen-bond donors (Lipinski definition) is 0. The molecule has 1 aromatic carbocycles. The van der Waals surface area contributed by atoms with Crippen molar-refractivity contribution in [3.8, 4) is 0 Å². The van der Waals surface area contributed by atoms with Crippen molar-refractivity contribution in [1.29, 1.82) is 0 Å². The molecule has 0 atom stereocenters. The fraction of sp³-hybridized carbons (Fsp3) is 0.667. The number of rotatable bonds is 9. The van der Waals surface area contributed by atoms with Crippen LogP contribution in [-0.2, 0) is 4.79 Å². The van der Waals surface area contributed by atoms with Crippen molar-refractivity contribution in [2.75, 3.05) is 25.4 Å². The van der Waals surface area contributed by atoms with E-state index in [-0.39, 0.29) is 16.7 Å². The topological polar surface area (TPSA) is 40.6 Å². The zero-order valence-electron chi connectivity index (χ0n) is 18.5. The van der Waals surface area contributed by atoms with E-state index in [2.05, 4.69) is 6.92 Å². The van der Waals surface area contributed by atoms with Gasteiger partial charge in [0, 0.05) is 36.8 Å². The number of hydrogen-bond acceptors (Lipinski definition) is 3. The second kappa shape index (κ2) is 11.8. The number of piperidine rings is 1. The van der Waals surface area contributed by atoms with Gasteiger partial charge in [0.1, 0.15) is 0 Å². The molecule has 2 aliphatic heterocycles. The molecule has 4 nitrogen and oxygen atoms in total. The van der Waals surface area contributed by atoms with E-state index in [1.54, 1.807) is 18.2 Å². The minimum Gasteiger partial charge on any atom is -0.342 e. The first-order valence-corrected chi connectivity index (χ1v) is 13.4. The van der Waals surface area contributed by atoms with Crippen molar-refractivity contribution < 1.29 is 9.59 Å². The third-order valence-electron chi connectivity index (χ3n) is 6.48. The number of carbonyl (C=O) groups excluding carboxylic acids is 2. The molecule has 0 N–H and O–H groups in total. The third-order valence-corrected chi connectivity index (χ3v) is 8.58. The number of thioether (sulfide) groups is 1. The van der Waals surface area contributed by atoms with E-state index in [9.17, 15) is 9.59 Å². The van der Waals surface area contributed by atoms with E-state index < -0.39 is 0 Å². The molecule has 2 heterocycles. The van der Waals surface area contributed by atoms with E-state index in [1.807, 2.05) is 21.6 Å². The summed E-state index contributed by atoms with van der Waals surface area (Å²) >= 11 is 14.1. The average Bonchev–Trinajstić information content (AvgIpc) is 3.16. The fourth-order valence-electron chi connectivity index (χ4n) is 4.61. The highest BCUT2D eigenvalue weighted by molar-refractivity contribution is 8.00. The van der Waals surface area contributed by atoms with Gasteiger partial charge in [0.15, 0.2) is 0 Å². The molecular weight excluding hydrogens is 451 g/mol. The van der Waals surface area contributed by atoms with Gasteiger partial charge in [-0.05, 0) is 37.5 Å². The number of amides is 2. The van der Waals surface area contributed by atoms with Crippen LogP contribution in [0, 0.1) is 0 Å². The molecule has 1 aromatic rings. The van der Waals surface area contributed by atoms with Crippen LogP contribution in [0.5, 0.6) is 0 Å². The molecular formula is C24H34Cl2N2O2S. The minimum atomic E-state index is -0.226. The lowest BCUT2D eigenvalue weighted by Crippen LogP contribution is -2.53. The number of unbranched alkanes of at least 4 members (excludes halogenated alkanes) is 6. The van der Waals surface area contributed by atoms with E-state index in [1.165, 1.54) is 32.1 Å². The summed E-state index contributed by atoms with van der Waals surface area (Å²) in [6, 6.07) is 5.05. The molecule has 3 rings (SSSR count). The standard InChI is InChI=1S/C24H34Cl2N2O2S/c1-2-3-4-5-6-7-8-9-22(29)27-14-12-24(13-15-27)28(16-17-31-24)23(30)20-11-10-19(25)18-21(20)26/h10-11,18H,2-9,12-17H2,1H3. The van der Waals surface area contributed by atoms with Crippen LogP contribution in [-0.4, -0.2) is 51.9 Å². The van der Waals surface area contributed by atoms with Gasteiger partial charge in [0.25, 0.3) is 5.91 Å². The van der Waals surface area contributed by atoms with Crippen LogP contribution >= 0.6 is 35.0 Å². The van der Waals surface area contributed by atoms with Gasteiger partial charge in [0.2, 0.25) is 5.91 Å². The van der Waals surface area contributed by atoms with Crippen LogP contribution < -0.4 is 0 Å². The van der Waals surface area contributed by atoms with Gasteiger partial charge in [0.05, 0.1) is 15.5 Å². The normalized spacial score (nSPS) is 18.0. The summed E-state index contributed by atoms with van der Waals surface area (Å²) in [6.45, 7) is 4.39. The molecule has 2 amide bonds. The van der Waals surface area contributed by atoms with Crippen LogP contribution in [0.1, 0.15) is 81.5 Å². The van der Waals surface area contributed by atoms with E-state index in [0.717, 1.165) is 44.5 Å². The number of benzene rings is 1. The Bertz CT molecular complexity index is 766. The lowest BCUT2D eigenvalue weighted by molar-refractivity contribution is -0.132. The van der Waals surface area contributed by atoms with Crippen molar-refractivity contribution in [2.45, 2.75) is 76.0 Å². The molecule has 0 saturated carbocycles. The predicted molar refractivity (Wildman–Crippen MR) is 131 cm³/mol. The highest BCUT2D eigenvalue weighted by atomic mass is 35.5. The highest BCUT2D eigenvalue weighted by Crippen LogP contribution is 2.45. The first-order valence-electron chi connectivity index (χ1n) is 11.7. The Kier molecular flexibility index (Phi) is 9.42. The Morgan fingerprint density at radius 3 is 2.35 bits per heavy atom. The molecule has 0 unspecified atom stereocenters. The Balaban J connectivity index is 1.49. The van der Waals surface area contributed by atoms with Crippen molar-refractivity contribution in [3.63, 3.8) is 0 Å². The van der Waals surface area contributed by atoms with Crippen LogP contribution in [0.15, 0.2) is 18.2 Å². The Hall–Kier alpha value is -0.910.